The molecule has 0 aromatic carbocycles. The highest BCUT2D eigenvalue weighted by Gasteiger charge is 2.44. The third-order valence-electron chi connectivity index (χ3n) is 3.62. The number of aliphatic hydroxyl groups excluding tert-OH is 2. The van der Waals surface area contributed by atoms with Crippen molar-refractivity contribution < 1.29 is 24.5 Å². The Morgan fingerprint density at radius 2 is 2.26 bits per heavy atom. The second-order valence-corrected chi connectivity index (χ2v) is 4.59. The smallest absolute Gasteiger partial charge is 0.335 e. The number of allylic oxidation sites excluding steroid dienone is 1. The lowest BCUT2D eigenvalue weighted by molar-refractivity contribution is -0.139. The van der Waals surface area contributed by atoms with Crippen LogP contribution in [-0.4, -0.2) is 53.9 Å². The number of β-amino-alcohol motifs (C(OH)–C–C–N with tert-alkyl or cyclic N) is 1. The van der Waals surface area contributed by atoms with E-state index in [9.17, 15) is 14.7 Å². The van der Waals surface area contributed by atoms with Gasteiger partial charge in [-0.15, -0.1) is 0 Å². The zero-order valence-electron chi connectivity index (χ0n) is 10.7. The molecule has 1 heterocycles. The quantitative estimate of drug-likeness (QED) is 0.526. The highest BCUT2D eigenvalue weighted by atomic mass is 16.5. The van der Waals surface area contributed by atoms with E-state index in [1.54, 1.807) is 6.08 Å². The van der Waals surface area contributed by atoms with Crippen LogP contribution in [0.25, 0.3) is 0 Å². The molecule has 2 atom stereocenters. The summed E-state index contributed by atoms with van der Waals surface area (Å²) in [6, 6.07) is 0. The average Bonchev–Trinajstić information content (AvgIpc) is 2.85. The molecule has 1 amide bonds. The molecule has 0 bridgehead atoms. The van der Waals surface area contributed by atoms with Gasteiger partial charge in [0.1, 0.15) is 0 Å². The van der Waals surface area contributed by atoms with Crippen molar-refractivity contribution in [2.24, 2.45) is 11.8 Å². The van der Waals surface area contributed by atoms with E-state index < -0.39 is 11.9 Å². The minimum Gasteiger partial charge on any atom is -0.466 e. The summed E-state index contributed by atoms with van der Waals surface area (Å²) in [5.41, 5.74) is 1.05. The molecule has 1 aliphatic heterocycles. The SMILES string of the molecule is COC(=O)C1=CN(CCO)C(=O)C2C(CO)=CCC12. The Morgan fingerprint density at radius 3 is 2.84 bits per heavy atom. The van der Waals surface area contributed by atoms with Crippen molar-refractivity contribution in [1.29, 1.82) is 0 Å². The van der Waals surface area contributed by atoms with Crippen molar-refractivity contribution >= 4 is 11.9 Å². The van der Waals surface area contributed by atoms with Crippen LogP contribution in [0.5, 0.6) is 0 Å². The number of ether oxygens (including phenoxy) is 1. The van der Waals surface area contributed by atoms with Gasteiger partial charge in [0.25, 0.3) is 0 Å². The van der Waals surface area contributed by atoms with Gasteiger partial charge in [-0.3, -0.25) is 4.79 Å². The van der Waals surface area contributed by atoms with Crippen LogP contribution in [0.2, 0.25) is 0 Å². The third-order valence-corrected chi connectivity index (χ3v) is 3.62. The minimum atomic E-state index is -0.518. The van der Waals surface area contributed by atoms with Gasteiger partial charge in [0.15, 0.2) is 0 Å². The van der Waals surface area contributed by atoms with E-state index in [1.807, 2.05) is 0 Å². The average molecular weight is 267 g/mol. The zero-order chi connectivity index (χ0) is 14.0. The Labute approximate surface area is 111 Å². The van der Waals surface area contributed by atoms with Gasteiger partial charge >= 0.3 is 5.97 Å². The van der Waals surface area contributed by atoms with Crippen molar-refractivity contribution in [2.75, 3.05) is 26.9 Å². The molecule has 0 saturated heterocycles. The molecule has 0 aromatic rings. The molecule has 6 heteroatoms. The summed E-state index contributed by atoms with van der Waals surface area (Å²) in [6.07, 6.45) is 3.80. The predicted molar refractivity (Wildman–Crippen MR) is 65.7 cm³/mol. The molecule has 104 valence electrons. The number of methoxy groups -OCH3 is 1. The van der Waals surface area contributed by atoms with Crippen LogP contribution in [-0.2, 0) is 14.3 Å². The van der Waals surface area contributed by atoms with Crippen LogP contribution in [0.4, 0.5) is 0 Å². The van der Waals surface area contributed by atoms with E-state index in [-0.39, 0.29) is 31.6 Å². The molecular formula is C13H17NO5. The zero-order valence-corrected chi connectivity index (χ0v) is 10.7. The fourth-order valence-corrected chi connectivity index (χ4v) is 2.71. The standard InChI is InChI=1S/C13H17NO5/c1-19-13(18)10-6-14(4-5-15)12(17)11-8(7-16)2-3-9(10)11/h2,6,9,11,15-16H,3-5,7H2,1H3. The third kappa shape index (κ3) is 2.29. The van der Waals surface area contributed by atoms with Crippen molar-refractivity contribution in [3.05, 3.63) is 23.4 Å². The van der Waals surface area contributed by atoms with E-state index in [0.29, 0.717) is 17.6 Å². The van der Waals surface area contributed by atoms with Gasteiger partial charge < -0.3 is 19.8 Å². The second-order valence-electron chi connectivity index (χ2n) is 4.59. The van der Waals surface area contributed by atoms with Crippen molar-refractivity contribution in [3.8, 4) is 0 Å². The predicted octanol–water partition coefficient (Wildman–Crippen LogP) is -0.567. The number of rotatable bonds is 4. The number of hydrogen-bond donors (Lipinski definition) is 2. The fraction of sp³-hybridized carbons (Fsp3) is 0.538. The number of carbonyl (C=O) groups excluding carboxylic acids is 2. The first-order chi connectivity index (χ1) is 9.13. The number of fused-ring (bicyclic) bond motifs is 1. The number of amides is 1. The molecule has 0 spiro atoms. The lowest BCUT2D eigenvalue weighted by Crippen LogP contribution is -2.43. The summed E-state index contributed by atoms with van der Waals surface area (Å²) in [5, 5.41) is 18.3. The number of esters is 1. The first-order valence-corrected chi connectivity index (χ1v) is 6.15. The maximum absolute atomic E-state index is 12.3. The number of aliphatic hydroxyl groups is 2. The summed E-state index contributed by atoms with van der Waals surface area (Å²) in [7, 11) is 1.29. The maximum Gasteiger partial charge on any atom is 0.335 e. The second kappa shape index (κ2) is 5.54. The molecule has 2 aliphatic rings. The molecule has 19 heavy (non-hydrogen) atoms. The Balaban J connectivity index is 2.37. The van der Waals surface area contributed by atoms with E-state index in [2.05, 4.69) is 0 Å². The van der Waals surface area contributed by atoms with Crippen LogP contribution >= 0.6 is 0 Å². The van der Waals surface area contributed by atoms with Gasteiger partial charge in [-0.1, -0.05) is 6.08 Å². The normalized spacial score (nSPS) is 25.8. The molecule has 2 N–H and O–H groups in total. The molecule has 0 radical (unpaired) electrons. The lowest BCUT2D eigenvalue weighted by atomic mass is 9.82. The van der Waals surface area contributed by atoms with Crippen LogP contribution in [0.3, 0.4) is 0 Å². The molecular weight excluding hydrogens is 250 g/mol. The molecule has 2 rings (SSSR count). The van der Waals surface area contributed by atoms with Crippen molar-refractivity contribution in [1.82, 2.24) is 4.90 Å². The molecule has 0 fully saturated rings. The highest BCUT2D eigenvalue weighted by molar-refractivity contribution is 5.95. The van der Waals surface area contributed by atoms with E-state index >= 15 is 0 Å². The molecule has 0 aromatic heterocycles. The summed E-state index contributed by atoms with van der Waals surface area (Å²) in [4.78, 5) is 25.4. The fourth-order valence-electron chi connectivity index (χ4n) is 2.71. The number of carbonyl (C=O) groups is 2. The van der Waals surface area contributed by atoms with Gasteiger partial charge in [-0.25, -0.2) is 4.79 Å². The monoisotopic (exact) mass is 267 g/mol. The molecule has 2 unspecified atom stereocenters. The van der Waals surface area contributed by atoms with Crippen LogP contribution in [0, 0.1) is 11.8 Å². The molecule has 0 saturated carbocycles. The van der Waals surface area contributed by atoms with Gasteiger partial charge in [0.05, 0.1) is 31.8 Å². The largest absolute Gasteiger partial charge is 0.466 e. The van der Waals surface area contributed by atoms with Gasteiger partial charge in [0, 0.05) is 18.7 Å². The van der Waals surface area contributed by atoms with Gasteiger partial charge in [-0.2, -0.15) is 0 Å². The Kier molecular flexibility index (Phi) is 4.01. The number of nitrogens with zero attached hydrogens (tertiary/aromatic N) is 1. The Morgan fingerprint density at radius 1 is 1.53 bits per heavy atom. The topological polar surface area (TPSA) is 87.1 Å². The summed E-state index contributed by atoms with van der Waals surface area (Å²) in [6.45, 7) is -0.262. The number of hydrogen-bond acceptors (Lipinski definition) is 5. The molecule has 1 aliphatic carbocycles. The lowest BCUT2D eigenvalue weighted by Gasteiger charge is -2.33. The highest BCUT2D eigenvalue weighted by Crippen LogP contribution is 2.41. The Bertz CT molecular complexity index is 454. The van der Waals surface area contributed by atoms with E-state index in [4.69, 9.17) is 9.84 Å². The van der Waals surface area contributed by atoms with Crippen molar-refractivity contribution in [3.63, 3.8) is 0 Å². The maximum atomic E-state index is 12.3. The first kappa shape index (κ1) is 13.8. The van der Waals surface area contributed by atoms with Crippen LogP contribution < -0.4 is 0 Å². The summed E-state index contributed by atoms with van der Waals surface area (Å²) < 4.78 is 4.74. The van der Waals surface area contributed by atoms with Crippen molar-refractivity contribution in [2.45, 2.75) is 6.42 Å². The summed E-state index contributed by atoms with van der Waals surface area (Å²) in [5.74, 6) is -1.45. The van der Waals surface area contributed by atoms with E-state index in [1.165, 1.54) is 18.2 Å². The van der Waals surface area contributed by atoms with E-state index in [0.717, 1.165) is 0 Å². The summed E-state index contributed by atoms with van der Waals surface area (Å²) >= 11 is 0. The van der Waals surface area contributed by atoms with Gasteiger partial charge in [0.2, 0.25) is 5.91 Å². The Hall–Kier alpha value is -1.66. The first-order valence-electron chi connectivity index (χ1n) is 6.15. The van der Waals surface area contributed by atoms with Gasteiger partial charge in [-0.05, 0) is 12.0 Å². The van der Waals surface area contributed by atoms with Crippen LogP contribution in [0.15, 0.2) is 23.4 Å². The minimum absolute atomic E-state index is 0.126. The molecule has 6 nitrogen and oxygen atoms in total. The van der Waals surface area contributed by atoms with Crippen LogP contribution in [0.1, 0.15) is 6.42 Å².